The molecule has 0 unspecified atom stereocenters. The van der Waals surface area contributed by atoms with Crippen LogP contribution in [0.1, 0.15) is 18.5 Å². The molecule has 0 radical (unpaired) electrons. The molecule has 5 rings (SSSR count). The minimum absolute atomic E-state index is 0.269. The van der Waals surface area contributed by atoms with Gasteiger partial charge in [-0.25, -0.2) is 14.4 Å². The molecular formula is C25H25FN6. The zero-order valence-corrected chi connectivity index (χ0v) is 17.8. The largest absolute Gasteiger partial charge is 0.341 e. The lowest BCUT2D eigenvalue weighted by atomic mass is 9.97. The third kappa shape index (κ3) is 4.57. The van der Waals surface area contributed by atoms with E-state index < -0.39 is 0 Å². The Labute approximate surface area is 186 Å². The van der Waals surface area contributed by atoms with E-state index in [1.165, 1.54) is 12.1 Å². The highest BCUT2D eigenvalue weighted by atomic mass is 19.1. The fourth-order valence-corrected chi connectivity index (χ4v) is 4.32. The summed E-state index contributed by atoms with van der Waals surface area (Å²) in [5, 5.41) is 5.52. The van der Waals surface area contributed by atoms with E-state index in [0.29, 0.717) is 23.9 Å². The van der Waals surface area contributed by atoms with Crippen molar-refractivity contribution in [3.8, 4) is 11.3 Å². The van der Waals surface area contributed by atoms with Gasteiger partial charge in [-0.05, 0) is 48.9 Å². The number of benzene rings is 1. The Balaban J connectivity index is 1.21. The van der Waals surface area contributed by atoms with Crippen LogP contribution in [-0.4, -0.2) is 39.6 Å². The lowest BCUT2D eigenvalue weighted by molar-refractivity contribution is 0.379. The molecule has 162 valence electrons. The average molecular weight is 429 g/mol. The fraction of sp³-hybridized carbons (Fsp3) is 0.280. The first kappa shape index (κ1) is 20.5. The molecule has 1 saturated heterocycles. The number of fused-ring (bicyclic) bond motifs is 1. The first-order chi connectivity index (χ1) is 15.8. The molecule has 4 aromatic rings. The maximum Gasteiger partial charge on any atom is 0.225 e. The number of halogens is 1. The number of piperidine rings is 1. The molecule has 7 heteroatoms. The predicted octanol–water partition coefficient (Wildman–Crippen LogP) is 4.23. The molecule has 0 aliphatic carbocycles. The zero-order chi connectivity index (χ0) is 21.8. The van der Waals surface area contributed by atoms with Crippen LogP contribution in [0.4, 0.5) is 10.3 Å². The highest BCUT2D eigenvalue weighted by Crippen LogP contribution is 2.27. The van der Waals surface area contributed by atoms with E-state index in [4.69, 9.17) is 4.98 Å². The van der Waals surface area contributed by atoms with E-state index in [1.807, 2.05) is 36.5 Å². The summed E-state index contributed by atoms with van der Waals surface area (Å²) >= 11 is 0. The Hall–Kier alpha value is -3.45. The maximum atomic E-state index is 14.4. The number of pyridine rings is 2. The smallest absolute Gasteiger partial charge is 0.225 e. The number of rotatable bonds is 6. The van der Waals surface area contributed by atoms with Crippen LogP contribution in [0.3, 0.4) is 0 Å². The molecule has 3 aromatic heterocycles. The van der Waals surface area contributed by atoms with Crippen molar-refractivity contribution in [2.45, 2.75) is 19.4 Å². The molecule has 0 amide bonds. The Morgan fingerprint density at radius 2 is 1.84 bits per heavy atom. The molecular weight excluding hydrogens is 403 g/mol. The Morgan fingerprint density at radius 1 is 1.00 bits per heavy atom. The summed E-state index contributed by atoms with van der Waals surface area (Å²) in [6.45, 7) is 3.33. The van der Waals surface area contributed by atoms with Crippen LogP contribution in [0.15, 0.2) is 67.3 Å². The highest BCUT2D eigenvalue weighted by Gasteiger charge is 2.20. The van der Waals surface area contributed by atoms with Gasteiger partial charge in [0, 0.05) is 61.4 Å². The second-order valence-corrected chi connectivity index (χ2v) is 8.17. The van der Waals surface area contributed by atoms with E-state index in [9.17, 15) is 4.39 Å². The van der Waals surface area contributed by atoms with E-state index in [0.717, 1.165) is 54.8 Å². The van der Waals surface area contributed by atoms with Crippen molar-refractivity contribution in [3.05, 3.63) is 78.8 Å². The van der Waals surface area contributed by atoms with Crippen molar-refractivity contribution in [2.24, 2.45) is 5.92 Å². The molecule has 1 aliphatic rings. The van der Waals surface area contributed by atoms with Gasteiger partial charge < -0.3 is 10.2 Å². The number of nitrogens with zero attached hydrogens (tertiary/aromatic N) is 5. The Bertz CT molecular complexity index is 1190. The van der Waals surface area contributed by atoms with E-state index >= 15 is 0 Å². The van der Waals surface area contributed by atoms with E-state index in [-0.39, 0.29) is 5.82 Å². The van der Waals surface area contributed by atoms with Gasteiger partial charge in [-0.3, -0.25) is 9.97 Å². The number of aromatic nitrogens is 4. The summed E-state index contributed by atoms with van der Waals surface area (Å²) in [6.07, 6.45) is 9.30. The Kier molecular flexibility index (Phi) is 5.98. The van der Waals surface area contributed by atoms with Gasteiger partial charge in [-0.2, -0.15) is 0 Å². The summed E-state index contributed by atoms with van der Waals surface area (Å²) in [5.41, 5.74) is 2.28. The van der Waals surface area contributed by atoms with E-state index in [1.54, 1.807) is 18.6 Å². The van der Waals surface area contributed by atoms with Crippen LogP contribution in [0.2, 0.25) is 0 Å². The van der Waals surface area contributed by atoms with Crippen LogP contribution in [0.25, 0.3) is 22.0 Å². The van der Waals surface area contributed by atoms with Crippen LogP contribution in [-0.2, 0) is 6.54 Å². The van der Waals surface area contributed by atoms with Crippen molar-refractivity contribution < 1.29 is 4.39 Å². The second-order valence-electron chi connectivity index (χ2n) is 8.17. The standard InChI is InChI=1S/C25H25FN6/c26-20-13-21(31-24(14-20)23-4-1-3-19-16-27-10-5-22(19)23)17-28-15-18-6-11-32(12-7-18)25-29-8-2-9-30-25/h1-5,8-10,13-14,16,18,28H,6-7,11-12,15,17H2. The molecule has 4 heterocycles. The Morgan fingerprint density at radius 3 is 2.69 bits per heavy atom. The molecule has 6 nitrogen and oxygen atoms in total. The van der Waals surface area contributed by atoms with Gasteiger partial charge >= 0.3 is 0 Å². The summed E-state index contributed by atoms with van der Waals surface area (Å²) in [7, 11) is 0. The first-order valence-electron chi connectivity index (χ1n) is 11.0. The quantitative estimate of drug-likeness (QED) is 0.496. The molecule has 1 fully saturated rings. The summed E-state index contributed by atoms with van der Waals surface area (Å²) < 4.78 is 14.4. The SMILES string of the molecule is Fc1cc(CNCC2CCN(c3ncccn3)CC2)nc(-c2cccc3cnccc23)c1. The maximum absolute atomic E-state index is 14.4. The summed E-state index contributed by atoms with van der Waals surface area (Å²) in [5.74, 6) is 1.11. The molecule has 1 aliphatic heterocycles. The fourth-order valence-electron chi connectivity index (χ4n) is 4.32. The number of nitrogens with one attached hydrogen (secondary N) is 1. The van der Waals surface area contributed by atoms with Crippen LogP contribution in [0.5, 0.6) is 0 Å². The van der Waals surface area contributed by atoms with E-state index in [2.05, 4.69) is 25.2 Å². The summed E-state index contributed by atoms with van der Waals surface area (Å²) in [4.78, 5) is 19.8. The van der Waals surface area contributed by atoms with Gasteiger partial charge in [0.2, 0.25) is 5.95 Å². The van der Waals surface area contributed by atoms with Crippen molar-refractivity contribution in [3.63, 3.8) is 0 Å². The van der Waals surface area contributed by atoms with Gasteiger partial charge in [-0.1, -0.05) is 18.2 Å². The van der Waals surface area contributed by atoms with Gasteiger partial charge in [0.15, 0.2) is 0 Å². The number of hydrogen-bond acceptors (Lipinski definition) is 6. The van der Waals surface area contributed by atoms with Gasteiger partial charge in [-0.15, -0.1) is 0 Å². The lowest BCUT2D eigenvalue weighted by Gasteiger charge is -2.32. The average Bonchev–Trinajstić information content (AvgIpc) is 2.84. The molecule has 0 bridgehead atoms. The van der Waals surface area contributed by atoms with Gasteiger partial charge in [0.05, 0.1) is 11.4 Å². The number of hydrogen-bond donors (Lipinski definition) is 1. The monoisotopic (exact) mass is 428 g/mol. The van der Waals surface area contributed by atoms with Crippen molar-refractivity contribution in [1.29, 1.82) is 0 Å². The van der Waals surface area contributed by atoms with Crippen LogP contribution < -0.4 is 10.2 Å². The second kappa shape index (κ2) is 9.36. The predicted molar refractivity (Wildman–Crippen MR) is 124 cm³/mol. The minimum Gasteiger partial charge on any atom is -0.341 e. The molecule has 0 spiro atoms. The van der Waals surface area contributed by atoms with Crippen LogP contribution in [0, 0.1) is 11.7 Å². The molecule has 32 heavy (non-hydrogen) atoms. The molecule has 1 aromatic carbocycles. The van der Waals surface area contributed by atoms with Crippen molar-refractivity contribution in [1.82, 2.24) is 25.3 Å². The first-order valence-corrected chi connectivity index (χ1v) is 11.0. The third-order valence-corrected chi connectivity index (χ3v) is 5.99. The van der Waals surface area contributed by atoms with Crippen LogP contribution >= 0.6 is 0 Å². The minimum atomic E-state index is -0.269. The van der Waals surface area contributed by atoms with Gasteiger partial charge in [0.25, 0.3) is 0 Å². The van der Waals surface area contributed by atoms with Crippen molar-refractivity contribution in [2.75, 3.05) is 24.5 Å². The topological polar surface area (TPSA) is 66.8 Å². The molecule has 0 atom stereocenters. The number of anilines is 1. The molecule has 1 N–H and O–H groups in total. The normalized spacial score (nSPS) is 14.7. The third-order valence-electron chi connectivity index (χ3n) is 5.99. The highest BCUT2D eigenvalue weighted by molar-refractivity contribution is 5.95. The van der Waals surface area contributed by atoms with Crippen molar-refractivity contribution >= 4 is 16.7 Å². The molecule has 0 saturated carbocycles. The lowest BCUT2D eigenvalue weighted by Crippen LogP contribution is -2.38. The van der Waals surface area contributed by atoms with Gasteiger partial charge in [0.1, 0.15) is 5.82 Å². The zero-order valence-electron chi connectivity index (χ0n) is 17.8. The summed E-state index contributed by atoms with van der Waals surface area (Å²) in [6, 6.07) is 12.7.